The minimum Gasteiger partial charge on any atom is -0.493 e. The number of nitrogen functional groups attached to an aromatic ring is 1. The van der Waals surface area contributed by atoms with Crippen LogP contribution < -0.4 is 15.2 Å². The number of hydrogen-bond acceptors (Lipinski definition) is 3. The van der Waals surface area contributed by atoms with Crippen LogP contribution in [0.1, 0.15) is 11.1 Å². The van der Waals surface area contributed by atoms with E-state index in [0.29, 0.717) is 23.7 Å². The molecule has 0 spiro atoms. The van der Waals surface area contributed by atoms with Gasteiger partial charge < -0.3 is 15.2 Å². The maximum absolute atomic E-state index is 7.41. The third-order valence-corrected chi connectivity index (χ3v) is 2.97. The Bertz CT molecular complexity index is 582. The van der Waals surface area contributed by atoms with E-state index in [0.717, 1.165) is 6.42 Å². The summed E-state index contributed by atoms with van der Waals surface area (Å²) in [5.74, 6) is 1.26. The number of hydrogen-bond donors (Lipinski definition) is 2. The molecular weight excluding hydrogens is 252 g/mol. The molecule has 0 saturated carbocycles. The van der Waals surface area contributed by atoms with Gasteiger partial charge in [-0.3, -0.25) is 5.41 Å². The summed E-state index contributed by atoms with van der Waals surface area (Å²) < 4.78 is 11.0. The Kier molecular flexibility index (Phi) is 4.60. The van der Waals surface area contributed by atoms with Crippen LogP contribution in [0.3, 0.4) is 0 Å². The van der Waals surface area contributed by atoms with E-state index in [1.54, 1.807) is 25.3 Å². The van der Waals surface area contributed by atoms with Crippen LogP contribution in [0.15, 0.2) is 48.5 Å². The Morgan fingerprint density at radius 1 is 1.10 bits per heavy atom. The molecule has 2 aromatic rings. The highest BCUT2D eigenvalue weighted by Crippen LogP contribution is 2.28. The van der Waals surface area contributed by atoms with Crippen molar-refractivity contribution in [2.75, 3.05) is 13.7 Å². The number of nitrogens with one attached hydrogen (secondary N) is 1. The molecule has 4 heteroatoms. The van der Waals surface area contributed by atoms with Crippen LogP contribution in [0.5, 0.6) is 11.5 Å². The predicted molar refractivity (Wildman–Crippen MR) is 79.7 cm³/mol. The molecule has 0 atom stereocenters. The maximum Gasteiger partial charge on any atom is 0.161 e. The zero-order valence-electron chi connectivity index (χ0n) is 11.4. The molecule has 20 heavy (non-hydrogen) atoms. The Labute approximate surface area is 118 Å². The molecule has 2 rings (SSSR count). The van der Waals surface area contributed by atoms with Crippen LogP contribution in [-0.4, -0.2) is 19.6 Å². The van der Waals surface area contributed by atoms with Crippen LogP contribution in [0.4, 0.5) is 0 Å². The van der Waals surface area contributed by atoms with E-state index in [1.165, 1.54) is 5.56 Å². The number of ether oxygens (including phenoxy) is 2. The highest BCUT2D eigenvalue weighted by molar-refractivity contribution is 5.95. The van der Waals surface area contributed by atoms with Crippen molar-refractivity contribution >= 4 is 5.84 Å². The predicted octanol–water partition coefficient (Wildman–Crippen LogP) is 2.60. The summed E-state index contributed by atoms with van der Waals surface area (Å²) in [6, 6.07) is 15.4. The maximum atomic E-state index is 7.41. The van der Waals surface area contributed by atoms with Gasteiger partial charge >= 0.3 is 0 Å². The molecule has 0 saturated heterocycles. The first-order valence-corrected chi connectivity index (χ1v) is 6.40. The first kappa shape index (κ1) is 13.9. The second-order valence-electron chi connectivity index (χ2n) is 4.36. The second-order valence-corrected chi connectivity index (χ2v) is 4.36. The summed E-state index contributed by atoms with van der Waals surface area (Å²) in [6.45, 7) is 0.569. The standard InChI is InChI=1S/C16H18N2O2/c1-19-15-11-13(16(17)18)7-8-14(15)20-10-9-12-5-3-2-4-6-12/h2-8,11H,9-10H2,1H3,(H3,17,18). The monoisotopic (exact) mass is 270 g/mol. The van der Waals surface area contributed by atoms with E-state index in [2.05, 4.69) is 12.1 Å². The topological polar surface area (TPSA) is 68.3 Å². The van der Waals surface area contributed by atoms with E-state index in [4.69, 9.17) is 20.6 Å². The Balaban J connectivity index is 2.00. The Morgan fingerprint density at radius 2 is 1.85 bits per heavy atom. The molecule has 104 valence electrons. The largest absolute Gasteiger partial charge is 0.493 e. The van der Waals surface area contributed by atoms with Crippen LogP contribution in [0.2, 0.25) is 0 Å². The van der Waals surface area contributed by atoms with Crippen molar-refractivity contribution < 1.29 is 9.47 Å². The lowest BCUT2D eigenvalue weighted by Gasteiger charge is -2.12. The second kappa shape index (κ2) is 6.61. The summed E-state index contributed by atoms with van der Waals surface area (Å²) in [7, 11) is 1.57. The van der Waals surface area contributed by atoms with Crippen molar-refractivity contribution in [1.82, 2.24) is 0 Å². The van der Waals surface area contributed by atoms with Gasteiger partial charge in [0.1, 0.15) is 5.84 Å². The number of nitrogens with two attached hydrogens (primary N) is 1. The third-order valence-electron chi connectivity index (χ3n) is 2.97. The van der Waals surface area contributed by atoms with Gasteiger partial charge in [-0.15, -0.1) is 0 Å². The molecular formula is C16H18N2O2. The van der Waals surface area contributed by atoms with Gasteiger partial charge in [0.05, 0.1) is 13.7 Å². The number of amidine groups is 1. The molecule has 0 heterocycles. The lowest BCUT2D eigenvalue weighted by atomic mass is 10.1. The van der Waals surface area contributed by atoms with E-state index in [-0.39, 0.29) is 5.84 Å². The molecule has 0 unspecified atom stereocenters. The van der Waals surface area contributed by atoms with Crippen molar-refractivity contribution in [3.05, 3.63) is 59.7 Å². The van der Waals surface area contributed by atoms with E-state index in [9.17, 15) is 0 Å². The summed E-state index contributed by atoms with van der Waals surface area (Å²) in [5.41, 5.74) is 7.30. The number of methoxy groups -OCH3 is 1. The van der Waals surface area contributed by atoms with Gasteiger partial charge in [-0.05, 0) is 23.8 Å². The summed E-state index contributed by atoms with van der Waals surface area (Å²) in [6.07, 6.45) is 0.832. The zero-order valence-corrected chi connectivity index (χ0v) is 11.4. The van der Waals surface area contributed by atoms with Gasteiger partial charge in [-0.1, -0.05) is 30.3 Å². The molecule has 4 nitrogen and oxygen atoms in total. The smallest absolute Gasteiger partial charge is 0.161 e. The summed E-state index contributed by atoms with van der Waals surface area (Å²) >= 11 is 0. The molecule has 0 aliphatic rings. The lowest BCUT2D eigenvalue weighted by molar-refractivity contribution is 0.297. The highest BCUT2D eigenvalue weighted by Gasteiger charge is 2.07. The molecule has 0 bridgehead atoms. The van der Waals surface area contributed by atoms with Crippen molar-refractivity contribution in [2.45, 2.75) is 6.42 Å². The van der Waals surface area contributed by atoms with Crippen LogP contribution in [0.25, 0.3) is 0 Å². The SMILES string of the molecule is COc1cc(C(=N)N)ccc1OCCc1ccccc1. The molecule has 0 aromatic heterocycles. The Morgan fingerprint density at radius 3 is 2.50 bits per heavy atom. The first-order valence-electron chi connectivity index (χ1n) is 6.40. The van der Waals surface area contributed by atoms with Crippen molar-refractivity contribution in [2.24, 2.45) is 5.73 Å². The first-order chi connectivity index (χ1) is 9.70. The van der Waals surface area contributed by atoms with Crippen LogP contribution in [0, 0.1) is 5.41 Å². The van der Waals surface area contributed by atoms with Gasteiger partial charge in [-0.25, -0.2) is 0 Å². The molecule has 0 fully saturated rings. The minimum atomic E-state index is 0.0131. The molecule has 0 radical (unpaired) electrons. The molecule has 0 aliphatic carbocycles. The van der Waals surface area contributed by atoms with Gasteiger partial charge in [-0.2, -0.15) is 0 Å². The van der Waals surface area contributed by atoms with Crippen molar-refractivity contribution in [3.63, 3.8) is 0 Å². The fourth-order valence-electron chi connectivity index (χ4n) is 1.88. The average molecular weight is 270 g/mol. The van der Waals surface area contributed by atoms with Crippen molar-refractivity contribution in [3.8, 4) is 11.5 Å². The number of rotatable bonds is 6. The molecule has 0 aliphatic heterocycles. The molecule has 2 aromatic carbocycles. The zero-order chi connectivity index (χ0) is 14.4. The fourth-order valence-corrected chi connectivity index (χ4v) is 1.88. The van der Waals surface area contributed by atoms with Gasteiger partial charge in [0.2, 0.25) is 0 Å². The Hall–Kier alpha value is -2.49. The summed E-state index contributed by atoms with van der Waals surface area (Å²) in [5, 5.41) is 7.41. The normalized spacial score (nSPS) is 10.1. The van der Waals surface area contributed by atoms with Gasteiger partial charge in [0.25, 0.3) is 0 Å². The quantitative estimate of drug-likeness (QED) is 0.626. The van der Waals surface area contributed by atoms with E-state index < -0.39 is 0 Å². The fraction of sp³-hybridized carbons (Fsp3) is 0.188. The van der Waals surface area contributed by atoms with Gasteiger partial charge in [0, 0.05) is 12.0 Å². The van der Waals surface area contributed by atoms with Crippen LogP contribution >= 0.6 is 0 Å². The van der Waals surface area contributed by atoms with Gasteiger partial charge in [0.15, 0.2) is 11.5 Å². The third kappa shape index (κ3) is 3.51. The summed E-state index contributed by atoms with van der Waals surface area (Å²) in [4.78, 5) is 0. The minimum absolute atomic E-state index is 0.0131. The number of benzene rings is 2. The van der Waals surface area contributed by atoms with E-state index in [1.807, 2.05) is 18.2 Å². The van der Waals surface area contributed by atoms with E-state index >= 15 is 0 Å². The highest BCUT2D eigenvalue weighted by atomic mass is 16.5. The molecule has 3 N–H and O–H groups in total. The average Bonchev–Trinajstić information content (AvgIpc) is 2.48. The lowest BCUT2D eigenvalue weighted by Crippen LogP contribution is -2.11. The molecule has 0 amide bonds. The van der Waals surface area contributed by atoms with Crippen molar-refractivity contribution in [1.29, 1.82) is 5.41 Å². The van der Waals surface area contributed by atoms with Crippen LogP contribution in [-0.2, 0) is 6.42 Å².